The van der Waals surface area contributed by atoms with Crippen molar-refractivity contribution in [3.63, 3.8) is 0 Å². The molecule has 9 heteroatoms. The first-order valence-corrected chi connectivity index (χ1v) is 11.1. The van der Waals surface area contributed by atoms with E-state index in [1.54, 1.807) is 43.3 Å². The first-order chi connectivity index (χ1) is 15.6. The van der Waals surface area contributed by atoms with Crippen LogP contribution < -0.4 is 20.3 Å². The molecule has 8 nitrogen and oxygen atoms in total. The number of piperidine rings is 1. The van der Waals surface area contributed by atoms with Crippen molar-refractivity contribution >= 4 is 22.6 Å². The number of hydrogen-bond acceptors (Lipinski definition) is 7. The van der Waals surface area contributed by atoms with E-state index in [9.17, 15) is 4.79 Å². The van der Waals surface area contributed by atoms with Crippen LogP contribution in [0.3, 0.4) is 0 Å². The molecule has 1 N–H and O–H groups in total. The Bertz CT molecular complexity index is 1130. The van der Waals surface area contributed by atoms with Crippen molar-refractivity contribution in [1.29, 1.82) is 0 Å². The molecule has 0 aliphatic carbocycles. The van der Waals surface area contributed by atoms with Crippen LogP contribution in [0.15, 0.2) is 41.5 Å². The Labute approximate surface area is 192 Å². The monoisotopic (exact) mass is 457 g/mol. The number of ether oxygens (including phenoxy) is 2. The van der Waals surface area contributed by atoms with Crippen LogP contribution in [0.25, 0.3) is 11.0 Å². The SMILES string of the molecule is COc1cnc2ccc(=O)n(CCN3CCC(NCc4cnc(OC)c(Cl)c4)CC3)c2c1. The molecule has 0 spiro atoms. The lowest BCUT2D eigenvalue weighted by Gasteiger charge is -2.32. The number of methoxy groups -OCH3 is 2. The fourth-order valence-electron chi connectivity index (χ4n) is 4.07. The lowest BCUT2D eigenvalue weighted by molar-refractivity contribution is 0.191. The summed E-state index contributed by atoms with van der Waals surface area (Å²) in [5.41, 5.74) is 2.62. The normalized spacial score (nSPS) is 15.2. The van der Waals surface area contributed by atoms with Crippen LogP contribution in [0.4, 0.5) is 0 Å². The predicted molar refractivity (Wildman–Crippen MR) is 125 cm³/mol. The van der Waals surface area contributed by atoms with Crippen molar-refractivity contribution < 1.29 is 9.47 Å². The van der Waals surface area contributed by atoms with E-state index in [2.05, 4.69) is 20.2 Å². The minimum atomic E-state index is -0.0177. The van der Waals surface area contributed by atoms with E-state index >= 15 is 0 Å². The van der Waals surface area contributed by atoms with Gasteiger partial charge in [-0.3, -0.25) is 9.78 Å². The van der Waals surface area contributed by atoms with Gasteiger partial charge in [0.2, 0.25) is 5.88 Å². The van der Waals surface area contributed by atoms with E-state index < -0.39 is 0 Å². The second kappa shape index (κ2) is 10.3. The minimum Gasteiger partial charge on any atom is -0.495 e. The Kier molecular flexibility index (Phi) is 7.24. The molecule has 0 bridgehead atoms. The standard InChI is InChI=1S/C23H28ClN5O3/c1-31-18-12-21-20(26-15-18)3-4-22(30)29(21)10-9-28-7-5-17(6-8-28)25-13-16-11-19(24)23(32-2)27-14-16/h3-4,11-12,14-15,17,25H,5-10,13H2,1-2H3. The summed E-state index contributed by atoms with van der Waals surface area (Å²) >= 11 is 6.16. The Morgan fingerprint density at radius 2 is 1.91 bits per heavy atom. The Morgan fingerprint density at radius 1 is 1.09 bits per heavy atom. The highest BCUT2D eigenvalue weighted by atomic mass is 35.5. The van der Waals surface area contributed by atoms with Crippen LogP contribution in [0.1, 0.15) is 18.4 Å². The number of hydrogen-bond donors (Lipinski definition) is 1. The van der Waals surface area contributed by atoms with Gasteiger partial charge in [0, 0.05) is 44.0 Å². The highest BCUT2D eigenvalue weighted by molar-refractivity contribution is 6.31. The molecule has 0 radical (unpaired) electrons. The van der Waals surface area contributed by atoms with Gasteiger partial charge in [-0.15, -0.1) is 0 Å². The number of halogens is 1. The molecule has 1 saturated heterocycles. The summed E-state index contributed by atoms with van der Waals surface area (Å²) in [6, 6.07) is 7.55. The Morgan fingerprint density at radius 3 is 2.62 bits per heavy atom. The van der Waals surface area contributed by atoms with Crippen LogP contribution in [0, 0.1) is 0 Å². The highest BCUT2D eigenvalue weighted by Crippen LogP contribution is 2.22. The average Bonchev–Trinajstić information content (AvgIpc) is 2.82. The van der Waals surface area contributed by atoms with Crippen molar-refractivity contribution in [3.05, 3.63) is 57.6 Å². The van der Waals surface area contributed by atoms with E-state index in [1.807, 2.05) is 12.1 Å². The van der Waals surface area contributed by atoms with E-state index in [-0.39, 0.29) is 5.56 Å². The molecule has 3 aromatic heterocycles. The van der Waals surface area contributed by atoms with Gasteiger partial charge in [0.05, 0.1) is 31.4 Å². The second-order valence-electron chi connectivity index (χ2n) is 7.93. The van der Waals surface area contributed by atoms with Gasteiger partial charge in [-0.1, -0.05) is 11.6 Å². The zero-order valence-corrected chi connectivity index (χ0v) is 19.1. The van der Waals surface area contributed by atoms with E-state index in [0.29, 0.717) is 29.2 Å². The molecule has 1 aliphatic rings. The summed E-state index contributed by atoms with van der Waals surface area (Å²) < 4.78 is 12.2. The number of pyridine rings is 3. The zero-order chi connectivity index (χ0) is 22.5. The second-order valence-corrected chi connectivity index (χ2v) is 8.34. The van der Waals surface area contributed by atoms with Gasteiger partial charge in [0.15, 0.2) is 0 Å². The number of nitrogens with zero attached hydrogens (tertiary/aromatic N) is 4. The maximum absolute atomic E-state index is 12.5. The Balaban J connectivity index is 1.30. The average molecular weight is 458 g/mol. The molecule has 0 atom stereocenters. The third-order valence-corrected chi connectivity index (χ3v) is 6.20. The molecule has 0 saturated carbocycles. The summed E-state index contributed by atoms with van der Waals surface area (Å²) in [7, 11) is 3.16. The van der Waals surface area contributed by atoms with Gasteiger partial charge in [-0.25, -0.2) is 4.98 Å². The zero-order valence-electron chi connectivity index (χ0n) is 18.4. The molecule has 1 aliphatic heterocycles. The maximum Gasteiger partial charge on any atom is 0.251 e. The van der Waals surface area contributed by atoms with Gasteiger partial charge < -0.3 is 24.3 Å². The van der Waals surface area contributed by atoms with Gasteiger partial charge in [0.25, 0.3) is 5.56 Å². The molecule has 3 aromatic rings. The molecule has 4 rings (SSSR count). The van der Waals surface area contributed by atoms with Crippen LogP contribution in [-0.2, 0) is 13.1 Å². The van der Waals surface area contributed by atoms with Crippen LogP contribution in [-0.4, -0.2) is 59.3 Å². The van der Waals surface area contributed by atoms with Gasteiger partial charge in [0.1, 0.15) is 10.8 Å². The first-order valence-electron chi connectivity index (χ1n) is 10.7. The lowest BCUT2D eigenvalue weighted by Crippen LogP contribution is -2.43. The maximum atomic E-state index is 12.5. The minimum absolute atomic E-state index is 0.0177. The summed E-state index contributed by atoms with van der Waals surface area (Å²) in [6.45, 7) is 4.14. The number of likely N-dealkylation sites (tertiary alicyclic amines) is 1. The van der Waals surface area contributed by atoms with Crippen molar-refractivity contribution in [2.24, 2.45) is 0 Å². The van der Waals surface area contributed by atoms with Crippen molar-refractivity contribution in [2.45, 2.75) is 32.0 Å². The van der Waals surface area contributed by atoms with Crippen LogP contribution in [0.2, 0.25) is 5.02 Å². The van der Waals surface area contributed by atoms with Crippen molar-refractivity contribution in [2.75, 3.05) is 33.9 Å². The molecule has 1 fully saturated rings. The molecular weight excluding hydrogens is 430 g/mol. The highest BCUT2D eigenvalue weighted by Gasteiger charge is 2.19. The topological polar surface area (TPSA) is 81.5 Å². The fraction of sp³-hybridized carbons (Fsp3) is 0.435. The third kappa shape index (κ3) is 5.20. The van der Waals surface area contributed by atoms with E-state index in [4.69, 9.17) is 21.1 Å². The van der Waals surface area contributed by atoms with E-state index in [1.165, 1.54) is 0 Å². The number of aromatic nitrogens is 3. The summed E-state index contributed by atoms with van der Waals surface area (Å²) in [6.07, 6.45) is 5.57. The van der Waals surface area contributed by atoms with Crippen LogP contribution in [0.5, 0.6) is 11.6 Å². The van der Waals surface area contributed by atoms with Crippen molar-refractivity contribution in [1.82, 2.24) is 24.8 Å². The van der Waals surface area contributed by atoms with Gasteiger partial charge >= 0.3 is 0 Å². The molecule has 0 aromatic carbocycles. The molecule has 32 heavy (non-hydrogen) atoms. The lowest BCUT2D eigenvalue weighted by atomic mass is 10.0. The molecular formula is C23H28ClN5O3. The molecule has 170 valence electrons. The Hall–Kier alpha value is -2.68. The number of fused-ring (bicyclic) bond motifs is 1. The largest absolute Gasteiger partial charge is 0.495 e. The first kappa shape index (κ1) is 22.5. The van der Waals surface area contributed by atoms with Crippen molar-refractivity contribution in [3.8, 4) is 11.6 Å². The predicted octanol–water partition coefficient (Wildman–Crippen LogP) is 2.72. The van der Waals surface area contributed by atoms with Gasteiger partial charge in [-0.2, -0.15) is 0 Å². The fourth-order valence-corrected chi connectivity index (χ4v) is 4.33. The molecule has 0 unspecified atom stereocenters. The quantitative estimate of drug-likeness (QED) is 0.557. The summed E-state index contributed by atoms with van der Waals surface area (Å²) in [4.78, 5) is 23.5. The molecule has 4 heterocycles. The smallest absolute Gasteiger partial charge is 0.251 e. The summed E-state index contributed by atoms with van der Waals surface area (Å²) in [5.74, 6) is 1.10. The van der Waals surface area contributed by atoms with E-state index in [0.717, 1.165) is 55.6 Å². The number of rotatable bonds is 8. The van der Waals surface area contributed by atoms with Gasteiger partial charge in [-0.05, 0) is 43.6 Å². The third-order valence-electron chi connectivity index (χ3n) is 5.93. The van der Waals surface area contributed by atoms with Crippen LogP contribution >= 0.6 is 11.6 Å². The number of nitrogens with one attached hydrogen (secondary N) is 1. The summed E-state index contributed by atoms with van der Waals surface area (Å²) in [5, 5.41) is 4.13. The molecule has 0 amide bonds.